The van der Waals surface area contributed by atoms with Crippen LogP contribution in [0.1, 0.15) is 59.9 Å². The first-order valence-corrected chi connectivity index (χ1v) is 11.7. The molecule has 0 radical (unpaired) electrons. The average Bonchev–Trinajstić information content (AvgIpc) is 3.27. The SMILES string of the molecule is CCC(=O)O.CCC(=O)O[C@@H]1COC(OC(=O)CCc2c[nH]c3ccccc23)C[C@H]1OC(=O)CC.[HH]. The quantitative estimate of drug-likeness (QED) is 0.394. The molecule has 2 aromatic rings. The fourth-order valence-electron chi connectivity index (χ4n) is 3.32. The van der Waals surface area contributed by atoms with Gasteiger partial charge in [-0.05, 0) is 18.1 Å². The Morgan fingerprint density at radius 1 is 0.971 bits per heavy atom. The monoisotopic (exact) mass is 493 g/mol. The van der Waals surface area contributed by atoms with Crippen LogP contribution in [0.2, 0.25) is 0 Å². The Kier molecular flexibility index (Phi) is 11.2. The molecular formula is C25H35NO9. The van der Waals surface area contributed by atoms with Gasteiger partial charge in [0.1, 0.15) is 6.10 Å². The Hall–Kier alpha value is -3.40. The van der Waals surface area contributed by atoms with Gasteiger partial charge in [-0.25, -0.2) is 0 Å². The van der Waals surface area contributed by atoms with Crippen molar-refractivity contribution < 1.29 is 44.7 Å². The summed E-state index contributed by atoms with van der Waals surface area (Å²) in [5, 5.41) is 8.80. The molecule has 0 bridgehead atoms. The smallest absolute Gasteiger partial charge is 0.308 e. The summed E-state index contributed by atoms with van der Waals surface area (Å²) in [6.45, 7) is 4.95. The van der Waals surface area contributed by atoms with E-state index in [4.69, 9.17) is 24.1 Å². The summed E-state index contributed by atoms with van der Waals surface area (Å²) in [6, 6.07) is 7.88. The molecule has 194 valence electrons. The van der Waals surface area contributed by atoms with E-state index in [2.05, 4.69) is 4.98 Å². The van der Waals surface area contributed by atoms with Crippen molar-refractivity contribution in [2.24, 2.45) is 0 Å². The first-order chi connectivity index (χ1) is 16.8. The van der Waals surface area contributed by atoms with E-state index in [0.29, 0.717) is 6.42 Å². The van der Waals surface area contributed by atoms with Crippen LogP contribution in [0.5, 0.6) is 0 Å². The van der Waals surface area contributed by atoms with E-state index in [-0.39, 0.29) is 40.1 Å². The van der Waals surface area contributed by atoms with E-state index < -0.39 is 42.4 Å². The molecule has 0 saturated carbocycles. The number of carbonyl (C=O) groups is 4. The second-order valence-electron chi connectivity index (χ2n) is 7.86. The number of aliphatic carboxylic acids is 1. The van der Waals surface area contributed by atoms with Crippen LogP contribution in [-0.2, 0) is 44.5 Å². The Morgan fingerprint density at radius 2 is 1.60 bits per heavy atom. The maximum absolute atomic E-state index is 12.3. The molecule has 35 heavy (non-hydrogen) atoms. The standard InChI is InChI=1S/C22H27NO7.C3H6O2.H2/c1-3-19(24)28-17-11-22(27-13-18(17)29-20(25)4-2)30-21(26)10-9-14-12-23-16-8-6-5-7-15(14)16;1-2-3(4)5;/h5-8,12,17-18,22-23H,3-4,9-11,13H2,1-2H3;2H2,1H3,(H,4,5);1H/t17-,18-,22?;;/m1../s1. The summed E-state index contributed by atoms with van der Waals surface area (Å²) in [7, 11) is 0. The zero-order chi connectivity index (χ0) is 25.8. The van der Waals surface area contributed by atoms with Gasteiger partial charge in [0.05, 0.1) is 13.0 Å². The summed E-state index contributed by atoms with van der Waals surface area (Å²) in [5.41, 5.74) is 2.05. The molecule has 0 aliphatic carbocycles. The van der Waals surface area contributed by atoms with Gasteiger partial charge in [0, 0.05) is 44.2 Å². The number of hydrogen-bond acceptors (Lipinski definition) is 8. The second-order valence-corrected chi connectivity index (χ2v) is 7.86. The average molecular weight is 494 g/mol. The Labute approximate surface area is 205 Å². The van der Waals surface area contributed by atoms with Gasteiger partial charge < -0.3 is 29.0 Å². The lowest BCUT2D eigenvalue weighted by molar-refractivity contribution is -0.230. The molecule has 1 aromatic carbocycles. The summed E-state index contributed by atoms with van der Waals surface area (Å²) in [6.07, 6.45) is 1.07. The van der Waals surface area contributed by atoms with Crippen LogP contribution in [0.3, 0.4) is 0 Å². The molecule has 1 unspecified atom stereocenters. The minimum atomic E-state index is -0.855. The number of hydrogen-bond donors (Lipinski definition) is 2. The first-order valence-electron chi connectivity index (χ1n) is 11.7. The van der Waals surface area contributed by atoms with Gasteiger partial charge in [-0.2, -0.15) is 0 Å². The molecule has 3 rings (SSSR count). The molecule has 2 heterocycles. The summed E-state index contributed by atoms with van der Waals surface area (Å²) in [5.74, 6) is -1.97. The molecule has 1 fully saturated rings. The number of fused-ring (bicyclic) bond motifs is 1. The molecule has 1 saturated heterocycles. The van der Waals surface area contributed by atoms with Crippen molar-refractivity contribution in [2.75, 3.05) is 6.61 Å². The van der Waals surface area contributed by atoms with Crippen LogP contribution < -0.4 is 0 Å². The Bertz CT molecular complexity index is 1010. The predicted molar refractivity (Wildman–Crippen MR) is 127 cm³/mol. The van der Waals surface area contributed by atoms with E-state index in [1.165, 1.54) is 0 Å². The van der Waals surface area contributed by atoms with Gasteiger partial charge >= 0.3 is 23.9 Å². The van der Waals surface area contributed by atoms with Crippen molar-refractivity contribution in [3.8, 4) is 0 Å². The lowest BCUT2D eigenvalue weighted by Crippen LogP contribution is -2.47. The van der Waals surface area contributed by atoms with Gasteiger partial charge in [0.15, 0.2) is 6.10 Å². The zero-order valence-corrected chi connectivity index (χ0v) is 20.3. The number of rotatable bonds is 9. The van der Waals surface area contributed by atoms with E-state index in [1.807, 2.05) is 30.5 Å². The number of carbonyl (C=O) groups excluding carboxylic acids is 3. The zero-order valence-electron chi connectivity index (χ0n) is 20.3. The highest BCUT2D eigenvalue weighted by Crippen LogP contribution is 2.23. The maximum atomic E-state index is 12.3. The number of aryl methyl sites for hydroxylation is 1. The highest BCUT2D eigenvalue weighted by atomic mass is 16.7. The lowest BCUT2D eigenvalue weighted by Gasteiger charge is -2.34. The number of H-pyrrole nitrogens is 1. The third-order valence-electron chi connectivity index (χ3n) is 5.27. The molecule has 10 nitrogen and oxygen atoms in total. The van der Waals surface area contributed by atoms with E-state index in [9.17, 15) is 19.2 Å². The Morgan fingerprint density at radius 3 is 2.23 bits per heavy atom. The number of carboxylic acids is 1. The highest BCUT2D eigenvalue weighted by Gasteiger charge is 2.38. The maximum Gasteiger partial charge on any atom is 0.308 e. The third kappa shape index (κ3) is 9.05. The van der Waals surface area contributed by atoms with E-state index in [1.54, 1.807) is 20.8 Å². The van der Waals surface area contributed by atoms with Crippen molar-refractivity contribution in [1.82, 2.24) is 4.98 Å². The highest BCUT2D eigenvalue weighted by molar-refractivity contribution is 5.83. The van der Waals surface area contributed by atoms with Gasteiger partial charge in [0.25, 0.3) is 0 Å². The number of aromatic nitrogens is 1. The van der Waals surface area contributed by atoms with Gasteiger partial charge in [-0.15, -0.1) is 0 Å². The third-order valence-corrected chi connectivity index (χ3v) is 5.27. The number of aromatic amines is 1. The Balaban J connectivity index is 0.000000983. The number of esters is 3. The summed E-state index contributed by atoms with van der Waals surface area (Å²) >= 11 is 0. The largest absolute Gasteiger partial charge is 0.481 e. The van der Waals surface area contributed by atoms with Crippen molar-refractivity contribution in [1.29, 1.82) is 0 Å². The molecule has 1 aromatic heterocycles. The van der Waals surface area contributed by atoms with Gasteiger partial charge in [0.2, 0.25) is 6.29 Å². The van der Waals surface area contributed by atoms with Crippen LogP contribution in [0.25, 0.3) is 10.9 Å². The lowest BCUT2D eigenvalue weighted by atomic mass is 10.1. The number of para-hydroxylation sites is 1. The molecule has 3 atom stereocenters. The van der Waals surface area contributed by atoms with Crippen LogP contribution in [0.15, 0.2) is 30.5 Å². The fourth-order valence-corrected chi connectivity index (χ4v) is 3.32. The first kappa shape index (κ1) is 27.8. The van der Waals surface area contributed by atoms with Crippen LogP contribution in [0.4, 0.5) is 0 Å². The van der Waals surface area contributed by atoms with E-state index in [0.717, 1.165) is 16.5 Å². The topological polar surface area (TPSA) is 141 Å². The van der Waals surface area contributed by atoms with Gasteiger partial charge in [-0.1, -0.05) is 39.0 Å². The van der Waals surface area contributed by atoms with Gasteiger partial charge in [-0.3, -0.25) is 19.2 Å². The second kappa shape index (κ2) is 14.1. The van der Waals surface area contributed by atoms with Crippen molar-refractivity contribution in [2.45, 2.75) is 77.8 Å². The molecular weight excluding hydrogens is 458 g/mol. The normalized spacial score (nSPS) is 19.2. The fraction of sp³-hybridized carbons (Fsp3) is 0.520. The van der Waals surface area contributed by atoms with Crippen LogP contribution >= 0.6 is 0 Å². The van der Waals surface area contributed by atoms with Crippen molar-refractivity contribution in [3.05, 3.63) is 36.0 Å². The molecule has 1 aliphatic rings. The van der Waals surface area contributed by atoms with Crippen LogP contribution in [0, 0.1) is 0 Å². The minimum Gasteiger partial charge on any atom is -0.481 e. The van der Waals surface area contributed by atoms with E-state index >= 15 is 0 Å². The molecule has 2 N–H and O–H groups in total. The number of nitrogens with one attached hydrogen (secondary N) is 1. The summed E-state index contributed by atoms with van der Waals surface area (Å²) < 4.78 is 21.7. The molecule has 1 aliphatic heterocycles. The van der Waals surface area contributed by atoms with Crippen molar-refractivity contribution in [3.63, 3.8) is 0 Å². The number of benzene rings is 1. The number of ether oxygens (including phenoxy) is 4. The molecule has 0 spiro atoms. The summed E-state index contributed by atoms with van der Waals surface area (Å²) in [4.78, 5) is 48.2. The van der Waals surface area contributed by atoms with Crippen molar-refractivity contribution >= 4 is 34.8 Å². The molecule has 10 heteroatoms. The van der Waals surface area contributed by atoms with Crippen LogP contribution in [-0.4, -0.2) is 59.1 Å². The predicted octanol–water partition coefficient (Wildman–Crippen LogP) is 3.76. The minimum absolute atomic E-state index is 0. The number of carboxylic acid groups (broad SMARTS) is 1. The molecule has 0 amide bonds.